The van der Waals surface area contributed by atoms with Crippen molar-refractivity contribution in [2.24, 2.45) is 7.05 Å². The lowest BCUT2D eigenvalue weighted by molar-refractivity contribution is 0.925. The van der Waals surface area contributed by atoms with Gasteiger partial charge in [0.2, 0.25) is 0 Å². The molecule has 0 spiro atoms. The number of nitrogens with zero attached hydrogens (tertiary/aromatic N) is 1. The van der Waals surface area contributed by atoms with E-state index in [0.29, 0.717) is 0 Å². The second-order valence-electron chi connectivity index (χ2n) is 5.24. The van der Waals surface area contributed by atoms with Crippen molar-refractivity contribution in [1.29, 1.82) is 0 Å². The van der Waals surface area contributed by atoms with Gasteiger partial charge in [0.25, 0.3) is 0 Å². The molecule has 0 aliphatic rings. The summed E-state index contributed by atoms with van der Waals surface area (Å²) in [5.41, 5.74) is 17.0. The van der Waals surface area contributed by atoms with Gasteiger partial charge in [0.1, 0.15) is 0 Å². The molecule has 2 aromatic carbocycles. The van der Waals surface area contributed by atoms with Crippen LogP contribution in [0, 0.1) is 0 Å². The van der Waals surface area contributed by atoms with Crippen molar-refractivity contribution < 1.29 is 0 Å². The predicted molar refractivity (Wildman–Crippen MR) is 85.6 cm³/mol. The van der Waals surface area contributed by atoms with E-state index < -0.39 is 0 Å². The van der Waals surface area contributed by atoms with E-state index in [0.717, 1.165) is 29.8 Å². The average Bonchev–Trinajstić information content (AvgIpc) is 2.75. The van der Waals surface area contributed by atoms with Crippen LogP contribution in [-0.4, -0.2) is 4.57 Å². The van der Waals surface area contributed by atoms with Gasteiger partial charge in [0.05, 0.1) is 0 Å². The summed E-state index contributed by atoms with van der Waals surface area (Å²) in [7, 11) is 2.09. The third kappa shape index (κ3) is 2.23. The molecule has 0 fully saturated rings. The number of aromatic nitrogens is 1. The lowest BCUT2D eigenvalue weighted by Crippen LogP contribution is -1.98. The number of anilines is 2. The summed E-state index contributed by atoms with van der Waals surface area (Å²) in [6.45, 7) is 0. The summed E-state index contributed by atoms with van der Waals surface area (Å²) in [4.78, 5) is 0. The molecule has 4 N–H and O–H groups in total. The van der Waals surface area contributed by atoms with Crippen LogP contribution in [0.5, 0.6) is 0 Å². The minimum absolute atomic E-state index is 0.719. The molecule has 0 aliphatic heterocycles. The number of benzene rings is 2. The van der Waals surface area contributed by atoms with E-state index in [-0.39, 0.29) is 0 Å². The van der Waals surface area contributed by atoms with E-state index in [1.165, 1.54) is 16.5 Å². The smallest absolute Gasteiger partial charge is 0.0480 e. The molecule has 3 aromatic rings. The first-order valence-corrected chi connectivity index (χ1v) is 6.82. The van der Waals surface area contributed by atoms with Crippen LogP contribution >= 0.6 is 0 Å². The van der Waals surface area contributed by atoms with Crippen LogP contribution in [0.1, 0.15) is 11.1 Å². The fourth-order valence-electron chi connectivity index (χ4n) is 2.74. The van der Waals surface area contributed by atoms with Gasteiger partial charge in [-0.3, -0.25) is 0 Å². The van der Waals surface area contributed by atoms with E-state index in [9.17, 15) is 0 Å². The Morgan fingerprint density at radius 3 is 2.50 bits per heavy atom. The Labute approximate surface area is 118 Å². The minimum Gasteiger partial charge on any atom is -0.399 e. The summed E-state index contributed by atoms with van der Waals surface area (Å²) in [5.74, 6) is 0. The third-order valence-corrected chi connectivity index (χ3v) is 3.81. The molecular formula is C17H19N3. The Balaban J connectivity index is 1.87. The first kappa shape index (κ1) is 12.6. The normalized spacial score (nSPS) is 11.1. The number of rotatable bonds is 3. The highest BCUT2D eigenvalue weighted by molar-refractivity contribution is 5.83. The molecule has 0 saturated heterocycles. The zero-order valence-corrected chi connectivity index (χ0v) is 11.6. The lowest BCUT2D eigenvalue weighted by Gasteiger charge is -2.06. The molecule has 3 nitrogen and oxygen atoms in total. The highest BCUT2D eigenvalue weighted by atomic mass is 14.9. The lowest BCUT2D eigenvalue weighted by atomic mass is 10.0. The van der Waals surface area contributed by atoms with Crippen molar-refractivity contribution in [2.45, 2.75) is 12.8 Å². The molecule has 102 valence electrons. The van der Waals surface area contributed by atoms with Crippen LogP contribution < -0.4 is 11.5 Å². The fourth-order valence-corrected chi connectivity index (χ4v) is 2.74. The molecular weight excluding hydrogens is 246 g/mol. The number of aryl methyl sites for hydroxylation is 3. The van der Waals surface area contributed by atoms with Crippen molar-refractivity contribution in [3.8, 4) is 0 Å². The summed E-state index contributed by atoms with van der Waals surface area (Å²) >= 11 is 0. The summed E-state index contributed by atoms with van der Waals surface area (Å²) in [6, 6.07) is 14.3. The van der Waals surface area contributed by atoms with Crippen molar-refractivity contribution in [2.75, 3.05) is 11.5 Å². The quantitative estimate of drug-likeness (QED) is 0.715. The molecule has 0 saturated carbocycles. The van der Waals surface area contributed by atoms with E-state index in [2.05, 4.69) is 42.1 Å². The first-order chi connectivity index (χ1) is 9.65. The number of fused-ring (bicyclic) bond motifs is 1. The van der Waals surface area contributed by atoms with Gasteiger partial charge in [-0.05, 0) is 42.2 Å². The summed E-state index contributed by atoms with van der Waals surface area (Å²) < 4.78 is 2.18. The van der Waals surface area contributed by atoms with Crippen LogP contribution in [0.2, 0.25) is 0 Å². The fraction of sp³-hybridized carbons (Fsp3) is 0.176. The zero-order valence-electron chi connectivity index (χ0n) is 11.6. The van der Waals surface area contributed by atoms with Crippen LogP contribution in [-0.2, 0) is 19.9 Å². The van der Waals surface area contributed by atoms with Gasteiger partial charge in [0.15, 0.2) is 0 Å². The van der Waals surface area contributed by atoms with E-state index in [1.54, 1.807) is 0 Å². The third-order valence-electron chi connectivity index (χ3n) is 3.81. The number of nitrogen functional groups attached to an aromatic ring is 2. The largest absolute Gasteiger partial charge is 0.399 e. The Bertz CT molecular complexity index is 756. The van der Waals surface area contributed by atoms with Crippen molar-refractivity contribution >= 4 is 22.3 Å². The Hall–Kier alpha value is -2.42. The zero-order chi connectivity index (χ0) is 14.1. The molecule has 0 unspecified atom stereocenters. The second kappa shape index (κ2) is 4.93. The van der Waals surface area contributed by atoms with E-state index >= 15 is 0 Å². The Morgan fingerprint density at radius 2 is 1.70 bits per heavy atom. The van der Waals surface area contributed by atoms with Gasteiger partial charge < -0.3 is 16.0 Å². The Morgan fingerprint density at radius 1 is 0.950 bits per heavy atom. The van der Waals surface area contributed by atoms with Gasteiger partial charge >= 0.3 is 0 Å². The number of hydrogen-bond donors (Lipinski definition) is 2. The maximum Gasteiger partial charge on any atom is 0.0480 e. The molecule has 0 amide bonds. The highest BCUT2D eigenvalue weighted by Gasteiger charge is 2.07. The van der Waals surface area contributed by atoms with Gasteiger partial charge in [-0.15, -0.1) is 0 Å². The molecule has 0 atom stereocenters. The SMILES string of the molecule is Cn1cc(CCc2ccc(N)cc2N)c2ccccc21. The first-order valence-electron chi connectivity index (χ1n) is 6.82. The predicted octanol–water partition coefficient (Wildman–Crippen LogP) is 3.13. The van der Waals surface area contributed by atoms with Gasteiger partial charge in [0, 0.05) is 35.5 Å². The van der Waals surface area contributed by atoms with Crippen LogP contribution in [0.25, 0.3) is 10.9 Å². The molecule has 20 heavy (non-hydrogen) atoms. The summed E-state index contributed by atoms with van der Waals surface area (Å²) in [6.07, 6.45) is 4.12. The number of hydrogen-bond acceptors (Lipinski definition) is 2. The molecule has 0 aliphatic carbocycles. The Kier molecular flexibility index (Phi) is 3.11. The molecule has 0 bridgehead atoms. The van der Waals surface area contributed by atoms with Crippen molar-refractivity contribution in [1.82, 2.24) is 4.57 Å². The molecule has 0 radical (unpaired) electrons. The molecule has 3 rings (SSSR count). The maximum absolute atomic E-state index is 6.02. The number of nitrogens with two attached hydrogens (primary N) is 2. The van der Waals surface area contributed by atoms with Crippen LogP contribution in [0.4, 0.5) is 11.4 Å². The van der Waals surface area contributed by atoms with E-state index in [4.69, 9.17) is 11.5 Å². The van der Waals surface area contributed by atoms with Gasteiger partial charge in [-0.25, -0.2) is 0 Å². The van der Waals surface area contributed by atoms with Crippen molar-refractivity contribution in [3.05, 3.63) is 59.8 Å². The van der Waals surface area contributed by atoms with E-state index in [1.807, 2.05) is 18.2 Å². The monoisotopic (exact) mass is 265 g/mol. The molecule has 1 aromatic heterocycles. The average molecular weight is 265 g/mol. The minimum atomic E-state index is 0.719. The second-order valence-corrected chi connectivity index (χ2v) is 5.24. The highest BCUT2D eigenvalue weighted by Crippen LogP contribution is 2.23. The molecule has 1 heterocycles. The number of para-hydroxylation sites is 1. The van der Waals surface area contributed by atoms with Gasteiger partial charge in [-0.1, -0.05) is 24.3 Å². The van der Waals surface area contributed by atoms with Crippen LogP contribution in [0.3, 0.4) is 0 Å². The van der Waals surface area contributed by atoms with Gasteiger partial charge in [-0.2, -0.15) is 0 Å². The standard InChI is InChI=1S/C17H19N3/c1-20-11-13(15-4-2-3-5-17(15)20)7-6-12-8-9-14(18)10-16(12)19/h2-5,8-11H,6-7,18-19H2,1H3. The summed E-state index contributed by atoms with van der Waals surface area (Å²) in [5, 5.41) is 1.32. The molecule has 3 heteroatoms. The maximum atomic E-state index is 6.02. The van der Waals surface area contributed by atoms with Crippen LogP contribution in [0.15, 0.2) is 48.7 Å². The van der Waals surface area contributed by atoms with Crippen molar-refractivity contribution in [3.63, 3.8) is 0 Å². The topological polar surface area (TPSA) is 57.0 Å².